The van der Waals surface area contributed by atoms with Crippen molar-refractivity contribution < 1.29 is 17.9 Å². The van der Waals surface area contributed by atoms with Crippen LogP contribution in [-0.2, 0) is 14.8 Å². The minimum absolute atomic E-state index is 0.0302. The van der Waals surface area contributed by atoms with Gasteiger partial charge in [0.05, 0.1) is 16.6 Å². The highest BCUT2D eigenvalue weighted by Crippen LogP contribution is 2.27. The highest BCUT2D eigenvalue weighted by atomic mass is 32.2. The predicted octanol–water partition coefficient (Wildman–Crippen LogP) is 2.42. The number of anilines is 2. The van der Waals surface area contributed by atoms with Crippen molar-refractivity contribution in [2.45, 2.75) is 37.7 Å². The van der Waals surface area contributed by atoms with Crippen molar-refractivity contribution in [1.29, 1.82) is 0 Å². The van der Waals surface area contributed by atoms with Gasteiger partial charge < -0.3 is 20.3 Å². The van der Waals surface area contributed by atoms with E-state index in [1.54, 1.807) is 31.2 Å². The van der Waals surface area contributed by atoms with Gasteiger partial charge >= 0.3 is 0 Å². The van der Waals surface area contributed by atoms with Crippen molar-refractivity contribution >= 4 is 27.3 Å². The molecule has 1 unspecified atom stereocenters. The number of carbonyl (C=O) groups excluding carboxylic acids is 1. The molecule has 0 spiro atoms. The summed E-state index contributed by atoms with van der Waals surface area (Å²) < 4.78 is 34.5. The van der Waals surface area contributed by atoms with Gasteiger partial charge in [-0.2, -0.15) is 0 Å². The van der Waals surface area contributed by atoms with E-state index in [4.69, 9.17) is 4.74 Å². The number of sulfonamides is 1. The average Bonchev–Trinajstić information content (AvgIpc) is 3.33. The van der Waals surface area contributed by atoms with Gasteiger partial charge in [0.15, 0.2) is 0 Å². The number of nitrogens with one attached hydrogen (secondary N) is 3. The first-order chi connectivity index (χ1) is 15.8. The van der Waals surface area contributed by atoms with Gasteiger partial charge in [-0.15, -0.1) is 0 Å². The highest BCUT2D eigenvalue weighted by Gasteiger charge is 2.23. The molecule has 2 aliphatic rings. The second-order valence-electron chi connectivity index (χ2n) is 8.69. The van der Waals surface area contributed by atoms with E-state index in [0.717, 1.165) is 56.9 Å². The van der Waals surface area contributed by atoms with E-state index in [2.05, 4.69) is 20.3 Å². The first kappa shape index (κ1) is 23.5. The zero-order valence-corrected chi connectivity index (χ0v) is 20.0. The van der Waals surface area contributed by atoms with Crippen LogP contribution >= 0.6 is 0 Å². The van der Waals surface area contributed by atoms with Gasteiger partial charge in [0.2, 0.25) is 0 Å². The van der Waals surface area contributed by atoms with Crippen LogP contribution in [0.4, 0.5) is 11.4 Å². The van der Waals surface area contributed by atoms with E-state index >= 15 is 0 Å². The Kier molecular flexibility index (Phi) is 7.21. The molecule has 2 aliphatic heterocycles. The second-order valence-corrected chi connectivity index (χ2v) is 10.3. The average molecular weight is 473 g/mol. The van der Waals surface area contributed by atoms with Crippen LogP contribution in [0.25, 0.3) is 0 Å². The van der Waals surface area contributed by atoms with E-state index in [1.807, 2.05) is 19.1 Å². The van der Waals surface area contributed by atoms with Gasteiger partial charge in [-0.05, 0) is 62.1 Å². The van der Waals surface area contributed by atoms with Crippen molar-refractivity contribution in [3.8, 4) is 0 Å². The smallest absolute Gasteiger partial charge is 0.262 e. The minimum atomic E-state index is -3.80. The molecule has 2 heterocycles. The molecule has 1 atom stereocenters. The maximum Gasteiger partial charge on any atom is 0.262 e. The number of hydrogen-bond donors (Lipinski definition) is 3. The summed E-state index contributed by atoms with van der Waals surface area (Å²) in [5.41, 5.74) is 3.15. The van der Waals surface area contributed by atoms with Crippen molar-refractivity contribution in [2.75, 3.05) is 49.0 Å². The summed E-state index contributed by atoms with van der Waals surface area (Å²) in [5, 5.41) is 6.29. The lowest BCUT2D eigenvalue weighted by Crippen LogP contribution is -2.44. The molecule has 0 saturated carbocycles. The van der Waals surface area contributed by atoms with Crippen LogP contribution in [0.5, 0.6) is 0 Å². The summed E-state index contributed by atoms with van der Waals surface area (Å²) in [5.74, 6) is -0.230. The SMILES string of the molecule is Cc1ccc(C)c(S(=O)(=O)Nc2ccc(N3CCNCC3)c(C(=O)NCC3CCCO3)c2)c1. The molecule has 0 bridgehead atoms. The van der Waals surface area contributed by atoms with Crippen LogP contribution in [0.2, 0.25) is 0 Å². The zero-order valence-electron chi connectivity index (χ0n) is 19.2. The van der Waals surface area contributed by atoms with Gasteiger partial charge in [0, 0.05) is 50.7 Å². The summed E-state index contributed by atoms with van der Waals surface area (Å²) in [7, 11) is -3.80. The van der Waals surface area contributed by atoms with Crippen molar-refractivity contribution in [3.63, 3.8) is 0 Å². The number of rotatable bonds is 7. The molecule has 0 aromatic heterocycles. The highest BCUT2D eigenvalue weighted by molar-refractivity contribution is 7.92. The maximum atomic E-state index is 13.2. The quantitative estimate of drug-likeness (QED) is 0.572. The fourth-order valence-corrected chi connectivity index (χ4v) is 5.66. The van der Waals surface area contributed by atoms with E-state index in [1.165, 1.54) is 0 Å². The van der Waals surface area contributed by atoms with E-state index in [9.17, 15) is 13.2 Å². The number of aryl methyl sites for hydroxylation is 2. The van der Waals surface area contributed by atoms with Gasteiger partial charge in [0.1, 0.15) is 0 Å². The monoisotopic (exact) mass is 472 g/mol. The first-order valence-corrected chi connectivity index (χ1v) is 12.9. The zero-order chi connectivity index (χ0) is 23.4. The second kappa shape index (κ2) is 10.1. The standard InChI is InChI=1S/C24H32N4O4S/c1-17-5-6-18(2)23(14-17)33(30,31)27-19-7-8-22(28-11-9-25-10-12-28)21(15-19)24(29)26-16-20-4-3-13-32-20/h5-8,14-15,20,25,27H,3-4,9-13,16H2,1-2H3,(H,26,29). The number of piperazine rings is 1. The Morgan fingerprint density at radius 1 is 1.15 bits per heavy atom. The molecule has 2 saturated heterocycles. The topological polar surface area (TPSA) is 99.8 Å². The lowest BCUT2D eigenvalue weighted by atomic mass is 10.1. The number of benzene rings is 2. The molecule has 0 aliphatic carbocycles. The van der Waals surface area contributed by atoms with E-state index in [0.29, 0.717) is 23.4 Å². The molecule has 33 heavy (non-hydrogen) atoms. The molecule has 3 N–H and O–H groups in total. The number of nitrogens with zero attached hydrogens (tertiary/aromatic N) is 1. The van der Waals surface area contributed by atoms with Crippen molar-refractivity contribution in [2.24, 2.45) is 0 Å². The Labute approximate surface area is 195 Å². The molecule has 2 fully saturated rings. The Balaban J connectivity index is 1.61. The molecule has 0 radical (unpaired) electrons. The summed E-state index contributed by atoms with van der Waals surface area (Å²) in [6.07, 6.45) is 1.96. The number of carbonyl (C=O) groups is 1. The normalized spacial score (nSPS) is 18.8. The summed E-state index contributed by atoms with van der Waals surface area (Å²) in [4.78, 5) is 15.6. The molecule has 1 amide bonds. The molecule has 9 heteroatoms. The third-order valence-corrected chi connectivity index (χ3v) is 7.62. The first-order valence-electron chi connectivity index (χ1n) is 11.4. The van der Waals surface area contributed by atoms with Crippen LogP contribution in [0.1, 0.15) is 34.3 Å². The van der Waals surface area contributed by atoms with Crippen LogP contribution in [0, 0.1) is 13.8 Å². The third kappa shape index (κ3) is 5.66. The van der Waals surface area contributed by atoms with Crippen molar-refractivity contribution in [1.82, 2.24) is 10.6 Å². The van der Waals surface area contributed by atoms with Gasteiger partial charge in [-0.1, -0.05) is 12.1 Å². The van der Waals surface area contributed by atoms with Crippen LogP contribution in [0.3, 0.4) is 0 Å². The Morgan fingerprint density at radius 2 is 1.94 bits per heavy atom. The van der Waals surface area contributed by atoms with Gasteiger partial charge in [0.25, 0.3) is 15.9 Å². The van der Waals surface area contributed by atoms with E-state index < -0.39 is 10.0 Å². The number of amides is 1. The summed E-state index contributed by atoms with van der Waals surface area (Å²) >= 11 is 0. The minimum Gasteiger partial charge on any atom is -0.376 e. The number of hydrogen-bond acceptors (Lipinski definition) is 6. The predicted molar refractivity (Wildman–Crippen MR) is 130 cm³/mol. The summed E-state index contributed by atoms with van der Waals surface area (Å²) in [6, 6.07) is 10.5. The molecule has 2 aromatic carbocycles. The molecule has 8 nitrogen and oxygen atoms in total. The summed E-state index contributed by atoms with van der Waals surface area (Å²) in [6.45, 7) is 8.01. The fourth-order valence-electron chi connectivity index (χ4n) is 4.28. The molecule has 178 valence electrons. The molecule has 2 aromatic rings. The van der Waals surface area contributed by atoms with E-state index in [-0.39, 0.29) is 16.9 Å². The largest absolute Gasteiger partial charge is 0.376 e. The Morgan fingerprint density at radius 3 is 2.67 bits per heavy atom. The van der Waals surface area contributed by atoms with Gasteiger partial charge in [-0.25, -0.2) is 8.42 Å². The molecule has 4 rings (SSSR count). The van der Waals surface area contributed by atoms with Crippen molar-refractivity contribution in [3.05, 3.63) is 53.1 Å². The van der Waals surface area contributed by atoms with Crippen LogP contribution in [0.15, 0.2) is 41.3 Å². The number of ether oxygens (including phenoxy) is 1. The van der Waals surface area contributed by atoms with Crippen LogP contribution in [-0.4, -0.2) is 59.8 Å². The molecular formula is C24H32N4O4S. The Bertz CT molecular complexity index is 1110. The fraction of sp³-hybridized carbons (Fsp3) is 0.458. The molecular weight excluding hydrogens is 440 g/mol. The van der Waals surface area contributed by atoms with Gasteiger partial charge in [-0.3, -0.25) is 9.52 Å². The third-order valence-electron chi connectivity index (χ3n) is 6.10. The maximum absolute atomic E-state index is 13.2. The Hall–Kier alpha value is -2.62. The van der Waals surface area contributed by atoms with Crippen LogP contribution < -0.4 is 20.3 Å². The lowest BCUT2D eigenvalue weighted by molar-refractivity contribution is 0.0858. The lowest BCUT2D eigenvalue weighted by Gasteiger charge is -2.31.